The van der Waals surface area contributed by atoms with Crippen molar-refractivity contribution in [1.29, 1.82) is 0 Å². The molecule has 37 heavy (non-hydrogen) atoms. The molecule has 0 saturated carbocycles. The van der Waals surface area contributed by atoms with E-state index in [1.807, 2.05) is 0 Å². The minimum atomic E-state index is -0.662. The SMILES string of the molecule is COC(=O)Cc1ccc(F)cc1OCc1cc(Br)cc(-c2cccc(CNC(=O)OC(C)(C)C)c2F)c1. The molecule has 6 nitrogen and oxygen atoms in total. The monoisotopic (exact) mass is 575 g/mol. The Bertz CT molecular complexity index is 1290. The van der Waals surface area contributed by atoms with Crippen LogP contribution in [0.3, 0.4) is 0 Å². The van der Waals surface area contributed by atoms with Gasteiger partial charge in [-0.15, -0.1) is 0 Å². The Balaban J connectivity index is 1.80. The van der Waals surface area contributed by atoms with Crippen molar-refractivity contribution < 1.29 is 32.6 Å². The molecule has 0 atom stereocenters. The van der Waals surface area contributed by atoms with E-state index in [0.717, 1.165) is 0 Å². The molecule has 0 aliphatic rings. The predicted molar refractivity (Wildman–Crippen MR) is 139 cm³/mol. The van der Waals surface area contributed by atoms with Crippen LogP contribution in [0.1, 0.15) is 37.5 Å². The zero-order chi connectivity index (χ0) is 27.2. The van der Waals surface area contributed by atoms with Gasteiger partial charge in [0.15, 0.2) is 0 Å². The summed E-state index contributed by atoms with van der Waals surface area (Å²) in [4.78, 5) is 23.7. The van der Waals surface area contributed by atoms with Gasteiger partial charge in [0.2, 0.25) is 0 Å². The largest absolute Gasteiger partial charge is 0.488 e. The van der Waals surface area contributed by atoms with Crippen LogP contribution in [0.2, 0.25) is 0 Å². The quantitative estimate of drug-likeness (QED) is 0.302. The van der Waals surface area contributed by atoms with E-state index in [4.69, 9.17) is 14.2 Å². The topological polar surface area (TPSA) is 73.9 Å². The summed E-state index contributed by atoms with van der Waals surface area (Å²) in [5, 5.41) is 2.57. The molecular formula is C28H28BrF2NO5. The normalized spacial score (nSPS) is 11.1. The Morgan fingerprint density at radius 3 is 2.46 bits per heavy atom. The van der Waals surface area contributed by atoms with Crippen molar-refractivity contribution in [1.82, 2.24) is 5.32 Å². The van der Waals surface area contributed by atoms with Crippen molar-refractivity contribution >= 4 is 28.0 Å². The van der Waals surface area contributed by atoms with Gasteiger partial charge in [-0.25, -0.2) is 13.6 Å². The third kappa shape index (κ3) is 8.28. The number of benzene rings is 3. The van der Waals surface area contributed by atoms with Gasteiger partial charge in [-0.2, -0.15) is 0 Å². The zero-order valence-corrected chi connectivity index (χ0v) is 22.6. The van der Waals surface area contributed by atoms with E-state index in [1.165, 1.54) is 25.3 Å². The molecule has 0 saturated heterocycles. The van der Waals surface area contributed by atoms with Crippen molar-refractivity contribution in [3.63, 3.8) is 0 Å². The van der Waals surface area contributed by atoms with Gasteiger partial charge in [0.1, 0.15) is 29.6 Å². The number of hydrogen-bond acceptors (Lipinski definition) is 5. The molecule has 0 bridgehead atoms. The number of nitrogens with one attached hydrogen (secondary N) is 1. The average molecular weight is 576 g/mol. The number of halogens is 3. The van der Waals surface area contributed by atoms with Crippen LogP contribution in [0.4, 0.5) is 13.6 Å². The summed E-state index contributed by atoms with van der Waals surface area (Å²) in [6.45, 7) is 5.25. The Morgan fingerprint density at radius 1 is 1.00 bits per heavy atom. The van der Waals surface area contributed by atoms with Crippen molar-refractivity contribution in [3.05, 3.63) is 87.4 Å². The van der Waals surface area contributed by atoms with Crippen LogP contribution >= 0.6 is 15.9 Å². The molecule has 0 aliphatic heterocycles. The van der Waals surface area contributed by atoms with E-state index in [2.05, 4.69) is 21.2 Å². The third-order valence-electron chi connectivity index (χ3n) is 5.16. The number of alkyl carbamates (subject to hydrolysis) is 1. The minimum absolute atomic E-state index is 0.0406. The third-order valence-corrected chi connectivity index (χ3v) is 5.61. The van der Waals surface area contributed by atoms with Crippen LogP contribution < -0.4 is 10.1 Å². The summed E-state index contributed by atoms with van der Waals surface area (Å²) in [5.74, 6) is -1.24. The summed E-state index contributed by atoms with van der Waals surface area (Å²) >= 11 is 3.45. The fourth-order valence-electron chi connectivity index (χ4n) is 3.51. The van der Waals surface area contributed by atoms with E-state index >= 15 is 4.39 Å². The second-order valence-electron chi connectivity index (χ2n) is 9.28. The highest BCUT2D eigenvalue weighted by Gasteiger charge is 2.18. The van der Waals surface area contributed by atoms with E-state index < -0.39 is 29.3 Å². The Hall–Kier alpha value is -3.46. The molecule has 3 rings (SSSR count). The van der Waals surface area contributed by atoms with Crippen LogP contribution in [0.25, 0.3) is 11.1 Å². The first kappa shape index (κ1) is 28.1. The molecule has 9 heteroatoms. The number of carbonyl (C=O) groups excluding carboxylic acids is 2. The van der Waals surface area contributed by atoms with E-state index in [9.17, 15) is 14.0 Å². The average Bonchev–Trinajstić information content (AvgIpc) is 2.82. The van der Waals surface area contributed by atoms with Crippen LogP contribution in [-0.4, -0.2) is 24.8 Å². The van der Waals surface area contributed by atoms with Crippen molar-refractivity contribution in [2.75, 3.05) is 7.11 Å². The molecule has 3 aromatic carbocycles. The summed E-state index contributed by atoms with van der Waals surface area (Å²) < 4.78 is 45.7. The molecule has 1 N–H and O–H groups in total. The van der Waals surface area contributed by atoms with E-state index in [0.29, 0.717) is 32.3 Å². The number of amides is 1. The summed E-state index contributed by atoms with van der Waals surface area (Å²) in [6, 6.07) is 14.2. The Labute approximate surface area is 223 Å². The zero-order valence-electron chi connectivity index (χ0n) is 21.0. The molecule has 0 radical (unpaired) electrons. The van der Waals surface area contributed by atoms with E-state index in [-0.39, 0.29) is 25.3 Å². The maximum atomic E-state index is 15.4. The second kappa shape index (κ2) is 12.2. The van der Waals surface area contributed by atoms with Gasteiger partial charge in [0.25, 0.3) is 0 Å². The standard InChI is InChI=1S/C28H28BrF2NO5/c1-28(2,3)37-27(34)32-15-19-6-5-7-23(26(19)31)20-10-17(11-21(29)12-20)16-36-24-14-22(30)9-8-18(24)13-25(33)35-4/h5-12,14H,13,15-16H2,1-4H3,(H,32,34). The highest BCUT2D eigenvalue weighted by Crippen LogP contribution is 2.30. The van der Waals surface area contributed by atoms with Crippen molar-refractivity contribution in [2.45, 2.75) is 45.9 Å². The molecule has 1 amide bonds. The van der Waals surface area contributed by atoms with Crippen molar-refractivity contribution in [2.24, 2.45) is 0 Å². The molecule has 0 fully saturated rings. The van der Waals surface area contributed by atoms with Gasteiger partial charge in [-0.3, -0.25) is 4.79 Å². The van der Waals surface area contributed by atoms with Crippen LogP contribution in [0, 0.1) is 11.6 Å². The fraction of sp³-hybridized carbons (Fsp3) is 0.286. The smallest absolute Gasteiger partial charge is 0.407 e. The van der Waals surface area contributed by atoms with Crippen LogP contribution in [-0.2, 0) is 33.8 Å². The lowest BCUT2D eigenvalue weighted by Crippen LogP contribution is -2.32. The molecule has 0 spiro atoms. The van der Waals surface area contributed by atoms with E-state index in [1.54, 1.807) is 57.2 Å². The highest BCUT2D eigenvalue weighted by atomic mass is 79.9. The first-order chi connectivity index (χ1) is 17.4. The number of esters is 1. The Morgan fingerprint density at radius 2 is 1.76 bits per heavy atom. The van der Waals surface area contributed by atoms with Gasteiger partial charge < -0.3 is 19.5 Å². The molecule has 3 aromatic rings. The number of methoxy groups -OCH3 is 1. The summed E-state index contributed by atoms with van der Waals surface area (Å²) in [7, 11) is 1.27. The van der Waals surface area contributed by atoms with Crippen LogP contribution in [0.15, 0.2) is 59.1 Å². The fourth-order valence-corrected chi connectivity index (χ4v) is 4.05. The lowest BCUT2D eigenvalue weighted by molar-refractivity contribution is -0.139. The number of rotatable bonds is 8. The molecule has 196 valence electrons. The lowest BCUT2D eigenvalue weighted by atomic mass is 10.00. The first-order valence-electron chi connectivity index (χ1n) is 11.5. The molecule has 0 unspecified atom stereocenters. The molecule has 0 aliphatic carbocycles. The lowest BCUT2D eigenvalue weighted by Gasteiger charge is -2.20. The van der Waals surface area contributed by atoms with Crippen molar-refractivity contribution in [3.8, 4) is 16.9 Å². The summed E-state index contributed by atoms with van der Waals surface area (Å²) in [6.07, 6.45) is -0.700. The minimum Gasteiger partial charge on any atom is -0.488 e. The predicted octanol–water partition coefficient (Wildman–Crippen LogP) is 6.71. The molecule has 0 aromatic heterocycles. The van der Waals surface area contributed by atoms with Crippen LogP contribution in [0.5, 0.6) is 5.75 Å². The summed E-state index contributed by atoms with van der Waals surface area (Å²) in [5.41, 5.74) is 1.73. The molecular weight excluding hydrogens is 548 g/mol. The molecule has 0 heterocycles. The van der Waals surface area contributed by atoms with Gasteiger partial charge in [0, 0.05) is 33.8 Å². The first-order valence-corrected chi connectivity index (χ1v) is 12.3. The Kier molecular flexibility index (Phi) is 9.26. The number of hydrogen-bond donors (Lipinski definition) is 1. The van der Waals surface area contributed by atoms with Gasteiger partial charge in [0.05, 0.1) is 13.5 Å². The maximum Gasteiger partial charge on any atom is 0.407 e. The number of ether oxygens (including phenoxy) is 3. The highest BCUT2D eigenvalue weighted by molar-refractivity contribution is 9.10. The second-order valence-corrected chi connectivity index (χ2v) is 10.2. The van der Waals surface area contributed by atoms with Gasteiger partial charge >= 0.3 is 12.1 Å². The maximum absolute atomic E-state index is 15.4. The number of carbonyl (C=O) groups is 2. The van der Waals surface area contributed by atoms with Gasteiger partial charge in [-0.1, -0.05) is 40.2 Å². The van der Waals surface area contributed by atoms with Gasteiger partial charge in [-0.05, 0) is 56.2 Å².